The van der Waals surface area contributed by atoms with Gasteiger partial charge in [-0.25, -0.2) is 0 Å². The molecule has 0 saturated carbocycles. The summed E-state index contributed by atoms with van der Waals surface area (Å²) in [5.74, 6) is 1.78. The van der Waals surface area contributed by atoms with E-state index < -0.39 is 5.25 Å². The van der Waals surface area contributed by atoms with Crippen LogP contribution >= 0.6 is 27.7 Å². The van der Waals surface area contributed by atoms with E-state index in [4.69, 9.17) is 9.47 Å². The Hall–Kier alpha value is -3.37. The monoisotopic (exact) mass is 568 g/mol. The van der Waals surface area contributed by atoms with E-state index in [1.54, 1.807) is 19.2 Å². The Morgan fingerprint density at radius 3 is 2.53 bits per heavy atom. The minimum Gasteiger partial charge on any atom is -0.493 e. The number of thioether (sulfide) groups is 1. The lowest BCUT2D eigenvalue weighted by Crippen LogP contribution is -2.11. The highest BCUT2D eigenvalue weighted by Gasteiger charge is 2.25. The number of benzene rings is 3. The van der Waals surface area contributed by atoms with Gasteiger partial charge in [-0.05, 0) is 66.9 Å². The maximum absolute atomic E-state index is 11.6. The maximum atomic E-state index is 11.6. The largest absolute Gasteiger partial charge is 0.493 e. The first kappa shape index (κ1) is 25.7. The summed E-state index contributed by atoms with van der Waals surface area (Å²) in [5, 5.41) is 20.2. The molecule has 4 aromatic rings. The van der Waals surface area contributed by atoms with Gasteiger partial charge in [-0.3, -0.25) is 14.7 Å². The molecule has 0 radical (unpaired) electrons. The van der Waals surface area contributed by atoms with Gasteiger partial charge in [0.05, 0.1) is 7.11 Å². The van der Waals surface area contributed by atoms with Gasteiger partial charge in [0.2, 0.25) is 6.54 Å². The van der Waals surface area contributed by atoms with E-state index in [2.05, 4.69) is 26.1 Å². The molecule has 1 aromatic heterocycles. The number of nitrogens with zero attached hydrogens (tertiary/aromatic N) is 4. The van der Waals surface area contributed by atoms with Gasteiger partial charge in [-0.1, -0.05) is 58.0 Å². The molecule has 0 saturated heterocycles. The lowest BCUT2D eigenvalue weighted by Gasteiger charge is -2.17. The number of methoxy groups -OCH3 is 1. The number of aryl methyl sites for hydroxylation is 2. The lowest BCUT2D eigenvalue weighted by atomic mass is 10.1. The Balaban J connectivity index is 1.60. The highest BCUT2D eigenvalue weighted by atomic mass is 79.9. The second-order valence-corrected chi connectivity index (χ2v) is 10.2. The van der Waals surface area contributed by atoms with E-state index in [0.717, 1.165) is 26.9 Å². The maximum Gasteiger partial charge on any atom is 0.220 e. The van der Waals surface area contributed by atoms with E-state index in [-0.39, 0.29) is 11.5 Å². The second-order valence-electron chi connectivity index (χ2n) is 8.15. The molecule has 0 aliphatic heterocycles. The van der Waals surface area contributed by atoms with Crippen molar-refractivity contribution in [1.82, 2.24) is 14.8 Å². The molecule has 4 rings (SSSR count). The first-order valence-electron chi connectivity index (χ1n) is 11.2. The lowest BCUT2D eigenvalue weighted by molar-refractivity contribution is -0.479. The summed E-state index contributed by atoms with van der Waals surface area (Å²) in [4.78, 5) is 11.3. The summed E-state index contributed by atoms with van der Waals surface area (Å²) in [6.07, 6.45) is 0. The van der Waals surface area contributed by atoms with Crippen molar-refractivity contribution in [3.05, 3.63) is 104 Å². The molecule has 3 aromatic carbocycles. The van der Waals surface area contributed by atoms with Crippen molar-refractivity contribution in [2.75, 3.05) is 13.7 Å². The molecule has 1 heterocycles. The van der Waals surface area contributed by atoms with Crippen LogP contribution in [0.15, 0.2) is 76.4 Å². The highest BCUT2D eigenvalue weighted by Crippen LogP contribution is 2.39. The van der Waals surface area contributed by atoms with Crippen LogP contribution < -0.4 is 9.47 Å². The van der Waals surface area contributed by atoms with Gasteiger partial charge < -0.3 is 9.47 Å². The van der Waals surface area contributed by atoms with Crippen molar-refractivity contribution in [1.29, 1.82) is 0 Å². The fourth-order valence-electron chi connectivity index (χ4n) is 3.70. The minimum atomic E-state index is -0.512. The molecule has 186 valence electrons. The van der Waals surface area contributed by atoms with Crippen LogP contribution in [0.4, 0.5) is 0 Å². The average Bonchev–Trinajstić information content (AvgIpc) is 3.22. The molecule has 0 spiro atoms. The van der Waals surface area contributed by atoms with Crippen molar-refractivity contribution in [3.63, 3.8) is 0 Å². The molecular formula is C26H25BrN4O4S. The van der Waals surface area contributed by atoms with Crippen molar-refractivity contribution >= 4 is 27.7 Å². The molecule has 0 fully saturated rings. The number of hydrogen-bond donors (Lipinski definition) is 0. The molecule has 10 heteroatoms. The van der Waals surface area contributed by atoms with Crippen LogP contribution in [0.1, 0.15) is 27.8 Å². The quantitative estimate of drug-likeness (QED) is 0.125. The van der Waals surface area contributed by atoms with Crippen LogP contribution in [0, 0.1) is 24.0 Å². The average molecular weight is 569 g/mol. The number of ether oxygens (including phenoxy) is 2. The van der Waals surface area contributed by atoms with E-state index in [9.17, 15) is 10.1 Å². The van der Waals surface area contributed by atoms with E-state index in [0.29, 0.717) is 29.1 Å². The molecular weight excluding hydrogens is 544 g/mol. The summed E-state index contributed by atoms with van der Waals surface area (Å²) in [5.41, 5.74) is 3.76. The molecule has 0 aliphatic rings. The van der Waals surface area contributed by atoms with Crippen LogP contribution in [0.3, 0.4) is 0 Å². The highest BCUT2D eigenvalue weighted by molar-refractivity contribution is 9.10. The normalized spacial score (nSPS) is 11.8. The number of nitro groups is 1. The van der Waals surface area contributed by atoms with Crippen molar-refractivity contribution in [3.8, 4) is 17.2 Å². The van der Waals surface area contributed by atoms with Gasteiger partial charge in [-0.2, -0.15) is 0 Å². The van der Waals surface area contributed by atoms with Gasteiger partial charge in [0.1, 0.15) is 17.7 Å². The van der Waals surface area contributed by atoms with Crippen LogP contribution in [0.5, 0.6) is 11.5 Å². The third-order valence-corrected chi connectivity index (χ3v) is 7.19. The summed E-state index contributed by atoms with van der Waals surface area (Å²) >= 11 is 4.73. The standard InChI is InChI=1S/C26H25BrN4O4S/c1-17-5-4-6-22(13-17)31-18(2)28-29-26(31)36-25(15-30(32)33)20-9-12-23(24(14-20)34-3)35-16-19-7-10-21(27)11-8-19/h4-14,25H,15-16H2,1-3H3/t25-/m0/s1. The van der Waals surface area contributed by atoms with Gasteiger partial charge in [0.15, 0.2) is 16.7 Å². The zero-order valence-corrected chi connectivity index (χ0v) is 22.5. The predicted molar refractivity (Wildman–Crippen MR) is 143 cm³/mol. The van der Waals surface area contributed by atoms with E-state index in [1.165, 1.54) is 11.8 Å². The number of halogens is 1. The third-order valence-electron chi connectivity index (χ3n) is 5.48. The van der Waals surface area contributed by atoms with E-state index >= 15 is 0 Å². The zero-order chi connectivity index (χ0) is 25.7. The van der Waals surface area contributed by atoms with Crippen molar-refractivity contribution in [2.45, 2.75) is 30.9 Å². The van der Waals surface area contributed by atoms with Gasteiger partial charge in [0.25, 0.3) is 0 Å². The fourth-order valence-corrected chi connectivity index (χ4v) is 5.13. The summed E-state index contributed by atoms with van der Waals surface area (Å²) in [6.45, 7) is 3.96. The van der Waals surface area contributed by atoms with Crippen molar-refractivity contribution in [2.24, 2.45) is 0 Å². The smallest absolute Gasteiger partial charge is 0.220 e. The Labute approximate surface area is 221 Å². The predicted octanol–water partition coefficient (Wildman–Crippen LogP) is 6.34. The van der Waals surface area contributed by atoms with Crippen LogP contribution in [-0.4, -0.2) is 33.3 Å². The molecule has 0 amide bonds. The SMILES string of the molecule is COc1cc([C@H](C[N+](=O)[O-])Sc2nnc(C)n2-c2cccc(C)c2)ccc1OCc1ccc(Br)cc1. The first-order valence-corrected chi connectivity index (χ1v) is 12.8. The Bertz CT molecular complexity index is 1360. The molecule has 36 heavy (non-hydrogen) atoms. The summed E-state index contributed by atoms with van der Waals surface area (Å²) in [6, 6.07) is 21.2. The van der Waals surface area contributed by atoms with Crippen molar-refractivity contribution < 1.29 is 14.4 Å². The Kier molecular flexibility index (Phi) is 8.27. The van der Waals surface area contributed by atoms with E-state index in [1.807, 2.05) is 73.0 Å². The minimum absolute atomic E-state index is 0.285. The van der Waals surface area contributed by atoms with Gasteiger partial charge in [-0.15, -0.1) is 10.2 Å². The second kappa shape index (κ2) is 11.6. The summed E-state index contributed by atoms with van der Waals surface area (Å²) < 4.78 is 14.4. The van der Waals surface area contributed by atoms with Crippen LogP contribution in [-0.2, 0) is 6.61 Å². The van der Waals surface area contributed by atoms with Crippen LogP contribution in [0.25, 0.3) is 5.69 Å². The van der Waals surface area contributed by atoms with Crippen LogP contribution in [0.2, 0.25) is 0 Å². The number of aromatic nitrogens is 3. The van der Waals surface area contributed by atoms with Gasteiger partial charge >= 0.3 is 0 Å². The topological polar surface area (TPSA) is 92.3 Å². The third kappa shape index (κ3) is 6.24. The molecule has 0 unspecified atom stereocenters. The zero-order valence-electron chi connectivity index (χ0n) is 20.1. The molecule has 8 nitrogen and oxygen atoms in total. The number of rotatable bonds is 10. The Morgan fingerprint density at radius 2 is 1.83 bits per heavy atom. The Morgan fingerprint density at radius 1 is 1.06 bits per heavy atom. The molecule has 0 N–H and O–H groups in total. The molecule has 1 atom stereocenters. The molecule has 0 aliphatic carbocycles. The first-order chi connectivity index (χ1) is 17.3. The summed E-state index contributed by atoms with van der Waals surface area (Å²) in [7, 11) is 1.55. The number of hydrogen-bond acceptors (Lipinski definition) is 7. The fraction of sp³-hybridized carbons (Fsp3) is 0.231. The molecule has 0 bridgehead atoms. The van der Waals surface area contributed by atoms with Gasteiger partial charge in [0, 0.05) is 15.1 Å².